The number of para-hydroxylation sites is 1. The van der Waals surface area contributed by atoms with Crippen LogP contribution in [0.15, 0.2) is 78.9 Å². The fraction of sp³-hybridized carbons (Fsp3) is 0.185. The van der Waals surface area contributed by atoms with Crippen molar-refractivity contribution in [2.75, 3.05) is 20.3 Å². The molecule has 0 bridgehead atoms. The molecule has 1 aliphatic heterocycles. The molecule has 0 aliphatic carbocycles. The standard InChI is InChI=1S/C27H25N3O4/c1-33-15-14-30-26(19-10-7-11-20(16-19)34-17-18-8-3-2-4-9-18)23-24(28-29-25(23)27(30)32)21-12-5-6-13-22(21)31/h2-13,16,26,31H,14-15,17H2,1H3,(H,28,29)/t26-/m0/s1. The molecule has 0 fully saturated rings. The van der Waals surface area contributed by atoms with Gasteiger partial charge in [-0.3, -0.25) is 9.89 Å². The number of hydrogen-bond acceptors (Lipinski definition) is 5. The van der Waals surface area contributed by atoms with E-state index < -0.39 is 6.04 Å². The average Bonchev–Trinajstić information content (AvgIpc) is 3.41. The van der Waals surface area contributed by atoms with Crippen LogP contribution in [0.25, 0.3) is 11.3 Å². The number of nitrogens with one attached hydrogen (secondary N) is 1. The van der Waals surface area contributed by atoms with Crippen molar-refractivity contribution in [2.45, 2.75) is 12.6 Å². The van der Waals surface area contributed by atoms with Gasteiger partial charge in [0.15, 0.2) is 0 Å². The lowest BCUT2D eigenvalue weighted by Crippen LogP contribution is -2.32. The first-order valence-corrected chi connectivity index (χ1v) is 11.1. The van der Waals surface area contributed by atoms with E-state index in [0.29, 0.717) is 42.5 Å². The Morgan fingerprint density at radius 1 is 1.03 bits per heavy atom. The zero-order valence-electron chi connectivity index (χ0n) is 18.8. The Bertz CT molecular complexity index is 1300. The monoisotopic (exact) mass is 455 g/mol. The molecule has 2 heterocycles. The fourth-order valence-electron chi connectivity index (χ4n) is 4.36. The molecule has 0 spiro atoms. The van der Waals surface area contributed by atoms with Crippen LogP contribution < -0.4 is 4.74 Å². The molecule has 0 unspecified atom stereocenters. The van der Waals surface area contributed by atoms with Crippen LogP contribution in [0.1, 0.15) is 33.2 Å². The van der Waals surface area contributed by atoms with Crippen LogP contribution in [-0.2, 0) is 11.3 Å². The van der Waals surface area contributed by atoms with Crippen LogP contribution in [0.5, 0.6) is 11.5 Å². The second-order valence-electron chi connectivity index (χ2n) is 8.12. The Morgan fingerprint density at radius 2 is 1.82 bits per heavy atom. The number of aromatic nitrogens is 2. The van der Waals surface area contributed by atoms with Gasteiger partial charge in [-0.15, -0.1) is 0 Å². The third-order valence-electron chi connectivity index (χ3n) is 5.98. The van der Waals surface area contributed by atoms with Crippen molar-refractivity contribution in [2.24, 2.45) is 0 Å². The van der Waals surface area contributed by atoms with Crippen LogP contribution in [0.3, 0.4) is 0 Å². The maximum Gasteiger partial charge on any atom is 0.273 e. The fourth-order valence-corrected chi connectivity index (χ4v) is 4.36. The Kier molecular flexibility index (Phi) is 6.01. The Labute approximate surface area is 197 Å². The van der Waals surface area contributed by atoms with Crippen molar-refractivity contribution in [1.82, 2.24) is 15.1 Å². The summed E-state index contributed by atoms with van der Waals surface area (Å²) in [6, 6.07) is 24.3. The number of carbonyl (C=O) groups excluding carboxylic acids is 1. The SMILES string of the molecule is COCCN1C(=O)c2[nH]nc(-c3ccccc3O)c2[C@@H]1c1cccc(OCc2ccccc2)c1. The van der Waals surface area contributed by atoms with Crippen molar-refractivity contribution < 1.29 is 19.4 Å². The number of nitrogens with zero attached hydrogens (tertiary/aromatic N) is 2. The van der Waals surface area contributed by atoms with Gasteiger partial charge in [0.25, 0.3) is 5.91 Å². The van der Waals surface area contributed by atoms with Gasteiger partial charge in [0.05, 0.1) is 12.6 Å². The van der Waals surface area contributed by atoms with Gasteiger partial charge in [-0.1, -0.05) is 54.6 Å². The lowest BCUT2D eigenvalue weighted by atomic mass is 9.95. The number of hydrogen-bond donors (Lipinski definition) is 2. The van der Waals surface area contributed by atoms with Gasteiger partial charge >= 0.3 is 0 Å². The number of aromatic hydroxyl groups is 1. The van der Waals surface area contributed by atoms with E-state index in [1.165, 1.54) is 0 Å². The summed E-state index contributed by atoms with van der Waals surface area (Å²) >= 11 is 0. The molecule has 7 nitrogen and oxygen atoms in total. The van der Waals surface area contributed by atoms with Crippen LogP contribution in [0.4, 0.5) is 0 Å². The lowest BCUT2D eigenvalue weighted by Gasteiger charge is -2.26. The minimum absolute atomic E-state index is 0.110. The number of phenolic OH excluding ortho intramolecular Hbond substituents is 1. The quantitative estimate of drug-likeness (QED) is 0.407. The summed E-state index contributed by atoms with van der Waals surface area (Å²) in [5.74, 6) is 0.668. The largest absolute Gasteiger partial charge is 0.507 e. The first-order chi connectivity index (χ1) is 16.7. The highest BCUT2D eigenvalue weighted by molar-refractivity contribution is 6.00. The Morgan fingerprint density at radius 3 is 2.62 bits per heavy atom. The summed E-state index contributed by atoms with van der Waals surface area (Å²) in [6.07, 6.45) is 0. The summed E-state index contributed by atoms with van der Waals surface area (Å²) in [4.78, 5) is 15.1. The van der Waals surface area contributed by atoms with Gasteiger partial charge in [0.2, 0.25) is 0 Å². The maximum atomic E-state index is 13.3. The number of rotatable bonds is 8. The maximum absolute atomic E-state index is 13.3. The van der Waals surface area contributed by atoms with Crippen molar-refractivity contribution in [3.63, 3.8) is 0 Å². The molecule has 1 atom stereocenters. The number of ether oxygens (including phenoxy) is 2. The molecule has 3 aromatic carbocycles. The normalized spacial score (nSPS) is 14.9. The van der Waals surface area contributed by atoms with E-state index in [9.17, 15) is 9.90 Å². The van der Waals surface area contributed by atoms with Crippen molar-refractivity contribution in [1.29, 1.82) is 0 Å². The summed E-state index contributed by atoms with van der Waals surface area (Å²) in [7, 11) is 1.61. The molecule has 5 rings (SSSR count). The number of fused-ring (bicyclic) bond motifs is 1. The van der Waals surface area contributed by atoms with Crippen molar-refractivity contribution >= 4 is 5.91 Å². The number of amides is 1. The second kappa shape index (κ2) is 9.41. The van der Waals surface area contributed by atoms with Gasteiger partial charge in [0, 0.05) is 24.8 Å². The number of methoxy groups -OCH3 is 1. The van der Waals surface area contributed by atoms with Gasteiger partial charge in [-0.05, 0) is 35.4 Å². The molecule has 7 heteroatoms. The van der Waals surface area contributed by atoms with Crippen LogP contribution in [0, 0.1) is 0 Å². The van der Waals surface area contributed by atoms with Crippen molar-refractivity contribution in [3.8, 4) is 22.8 Å². The molecule has 0 saturated heterocycles. The molecular formula is C27H25N3O4. The third-order valence-corrected chi connectivity index (χ3v) is 5.98. The molecule has 0 radical (unpaired) electrons. The number of phenols is 1. The molecular weight excluding hydrogens is 430 g/mol. The van der Waals surface area contributed by atoms with Gasteiger partial charge in [-0.25, -0.2) is 0 Å². The minimum atomic E-state index is -0.397. The zero-order valence-corrected chi connectivity index (χ0v) is 18.8. The van der Waals surface area contributed by atoms with Crippen LogP contribution in [-0.4, -0.2) is 46.4 Å². The van der Waals surface area contributed by atoms with E-state index in [1.54, 1.807) is 30.2 Å². The number of H-pyrrole nitrogens is 1. The van der Waals surface area contributed by atoms with E-state index in [-0.39, 0.29) is 11.7 Å². The predicted molar refractivity (Wildman–Crippen MR) is 128 cm³/mol. The number of carbonyl (C=O) groups is 1. The van der Waals surface area contributed by atoms with E-state index >= 15 is 0 Å². The average molecular weight is 456 g/mol. The Hall–Kier alpha value is -4.10. The predicted octanol–water partition coefficient (Wildman–Crippen LogP) is 4.55. The highest BCUT2D eigenvalue weighted by Crippen LogP contribution is 2.44. The number of benzene rings is 3. The van der Waals surface area contributed by atoms with E-state index in [4.69, 9.17) is 9.47 Å². The first-order valence-electron chi connectivity index (χ1n) is 11.1. The zero-order chi connectivity index (χ0) is 23.5. The molecule has 1 aliphatic rings. The topological polar surface area (TPSA) is 87.7 Å². The van der Waals surface area contributed by atoms with E-state index in [1.807, 2.05) is 60.7 Å². The molecule has 1 amide bonds. The van der Waals surface area contributed by atoms with E-state index in [0.717, 1.165) is 16.7 Å². The summed E-state index contributed by atoms with van der Waals surface area (Å²) in [6.45, 7) is 1.26. The molecule has 0 saturated carbocycles. The van der Waals surface area contributed by atoms with Crippen molar-refractivity contribution in [3.05, 3.63) is 101 Å². The molecule has 1 aromatic heterocycles. The van der Waals surface area contributed by atoms with Gasteiger partial charge in [0.1, 0.15) is 29.5 Å². The summed E-state index contributed by atoms with van der Waals surface area (Å²) in [5, 5.41) is 17.8. The molecule has 4 aromatic rings. The van der Waals surface area contributed by atoms with Gasteiger partial charge in [-0.2, -0.15) is 5.10 Å². The Balaban J connectivity index is 1.54. The van der Waals surface area contributed by atoms with Crippen LogP contribution in [0.2, 0.25) is 0 Å². The highest BCUT2D eigenvalue weighted by Gasteiger charge is 2.42. The first kappa shape index (κ1) is 21.7. The number of aromatic amines is 1. The summed E-state index contributed by atoms with van der Waals surface area (Å²) < 4.78 is 11.3. The highest BCUT2D eigenvalue weighted by atomic mass is 16.5. The smallest absolute Gasteiger partial charge is 0.273 e. The third kappa shape index (κ3) is 4.02. The van der Waals surface area contributed by atoms with Crippen LogP contribution >= 0.6 is 0 Å². The van der Waals surface area contributed by atoms with E-state index in [2.05, 4.69) is 10.2 Å². The minimum Gasteiger partial charge on any atom is -0.507 e. The molecule has 2 N–H and O–H groups in total. The second-order valence-corrected chi connectivity index (χ2v) is 8.12. The molecule has 34 heavy (non-hydrogen) atoms. The summed E-state index contributed by atoms with van der Waals surface area (Å²) in [5.41, 5.74) is 4.26. The lowest BCUT2D eigenvalue weighted by molar-refractivity contribution is 0.0677. The van der Waals surface area contributed by atoms with Gasteiger partial charge < -0.3 is 19.5 Å². The molecule has 172 valence electrons.